The van der Waals surface area contributed by atoms with Crippen LogP contribution in [0.15, 0.2) is 30.5 Å². The molecule has 1 heterocycles. The summed E-state index contributed by atoms with van der Waals surface area (Å²) in [6, 6.07) is 8.32. The number of carbonyl (C=O) groups excluding carboxylic acids is 1. The number of aryl methyl sites for hydroxylation is 1. The average molecular weight is 432 g/mol. The number of esters is 1. The van der Waals surface area contributed by atoms with E-state index >= 15 is 0 Å². The van der Waals surface area contributed by atoms with Gasteiger partial charge in [-0.2, -0.15) is 0 Å². The fraction of sp³-hybridized carbons (Fsp3) is 0.375. The van der Waals surface area contributed by atoms with Gasteiger partial charge in [0.2, 0.25) is 0 Å². The first-order valence-corrected chi connectivity index (χ1v) is 8.15. The van der Waals surface area contributed by atoms with Crippen LogP contribution in [0.5, 0.6) is 0 Å². The molecule has 0 bridgehead atoms. The third-order valence-corrected chi connectivity index (χ3v) is 4.38. The van der Waals surface area contributed by atoms with E-state index in [0.717, 1.165) is 19.4 Å². The number of hydrogen-bond donors (Lipinski definition) is 1. The number of carbonyl (C=O) groups is 1. The van der Waals surface area contributed by atoms with E-state index in [1.165, 1.54) is 35.3 Å². The lowest BCUT2D eigenvalue weighted by atomic mass is 10.1. The van der Waals surface area contributed by atoms with Crippen molar-refractivity contribution in [3.05, 3.63) is 36.0 Å². The zero-order chi connectivity index (χ0) is 15.2. The van der Waals surface area contributed by atoms with Gasteiger partial charge in [-0.05, 0) is 24.3 Å². The van der Waals surface area contributed by atoms with E-state index in [1.54, 1.807) is 0 Å². The normalized spacial score (nSPS) is 11.8. The molecule has 1 N–H and O–H groups in total. The van der Waals surface area contributed by atoms with Crippen LogP contribution in [-0.4, -0.2) is 47.5 Å². The molecule has 4 nitrogen and oxygen atoms in total. The number of ether oxygens (including phenoxy) is 1. The Morgan fingerprint density at radius 3 is 2.77 bits per heavy atom. The number of aromatic amines is 1. The second-order valence-electron chi connectivity index (χ2n) is 4.89. The summed E-state index contributed by atoms with van der Waals surface area (Å²) in [5.41, 5.74) is 2.49. The number of aromatic nitrogens is 1. The Morgan fingerprint density at radius 1 is 1.36 bits per heavy atom. The summed E-state index contributed by atoms with van der Waals surface area (Å²) in [5, 5.41) is 1.93. The number of thioether (sulfide) groups is 1. The van der Waals surface area contributed by atoms with Crippen molar-refractivity contribution in [1.29, 1.82) is 0 Å². The molecular weight excluding hydrogens is 411 g/mol. The van der Waals surface area contributed by atoms with E-state index in [9.17, 15) is 4.79 Å². The first-order valence-electron chi connectivity index (χ1n) is 6.92. The standard InChI is InChI=1S/C16H20N2O2S.HI/c1-18(15(21-3)16(19)20-2)10-6-7-12-11-17-14-9-5-4-8-13(12)14;/h4-5,8-9,11H,6-7,10H2,1-3H3;1H. The number of halogens is 1. The molecular formula is C16H21IN2O2S. The largest absolute Gasteiger partial charge is 1.00 e. The zero-order valence-corrected chi connectivity index (χ0v) is 16.0. The van der Waals surface area contributed by atoms with E-state index in [-0.39, 0.29) is 29.9 Å². The highest BCUT2D eigenvalue weighted by atomic mass is 127. The monoisotopic (exact) mass is 432 g/mol. The highest BCUT2D eigenvalue weighted by Gasteiger charge is 2.20. The van der Waals surface area contributed by atoms with Gasteiger partial charge in [0.05, 0.1) is 7.11 Å². The molecule has 0 aliphatic heterocycles. The van der Waals surface area contributed by atoms with Crippen LogP contribution in [0.3, 0.4) is 0 Å². The summed E-state index contributed by atoms with van der Waals surface area (Å²) in [4.78, 5) is 14.9. The lowest BCUT2D eigenvalue weighted by Crippen LogP contribution is -3.00. The molecule has 0 amide bonds. The number of nitrogens with zero attached hydrogens (tertiary/aromatic N) is 1. The number of H-pyrrole nitrogens is 1. The van der Waals surface area contributed by atoms with Gasteiger partial charge in [0.15, 0.2) is 0 Å². The summed E-state index contributed by atoms with van der Waals surface area (Å²) in [5.74, 6) is -0.267. The van der Waals surface area contributed by atoms with Crippen LogP contribution in [0.2, 0.25) is 0 Å². The molecule has 6 heteroatoms. The first kappa shape index (κ1) is 19.0. The number of benzene rings is 1. The molecule has 1 aromatic heterocycles. The SMILES string of the molecule is COC(=O)C(SC)=[N+](C)CCCc1c[nH]c2ccccc12.[I-]. The summed E-state index contributed by atoms with van der Waals surface area (Å²) in [6.07, 6.45) is 5.93. The topological polar surface area (TPSA) is 45.1 Å². The summed E-state index contributed by atoms with van der Waals surface area (Å²) in [7, 11) is 3.34. The molecule has 0 unspecified atom stereocenters. The molecule has 0 aliphatic rings. The van der Waals surface area contributed by atoms with Gasteiger partial charge in [0, 0.05) is 23.5 Å². The Balaban J connectivity index is 0.00000242. The third-order valence-electron chi connectivity index (χ3n) is 3.51. The van der Waals surface area contributed by atoms with E-state index in [4.69, 9.17) is 4.74 Å². The molecule has 0 saturated heterocycles. The maximum atomic E-state index is 11.6. The first-order chi connectivity index (χ1) is 10.2. The van der Waals surface area contributed by atoms with Crippen molar-refractivity contribution in [2.24, 2.45) is 0 Å². The predicted octanol–water partition coefficient (Wildman–Crippen LogP) is -0.319. The van der Waals surface area contributed by atoms with Gasteiger partial charge in [0.25, 0.3) is 0 Å². The van der Waals surface area contributed by atoms with Crippen molar-refractivity contribution in [3.63, 3.8) is 0 Å². The predicted molar refractivity (Wildman–Crippen MR) is 88.2 cm³/mol. The number of methoxy groups -OCH3 is 1. The molecule has 2 aromatic rings. The van der Waals surface area contributed by atoms with Gasteiger partial charge in [-0.25, -0.2) is 9.37 Å². The molecule has 0 radical (unpaired) electrons. The maximum absolute atomic E-state index is 11.6. The highest BCUT2D eigenvalue weighted by Crippen LogP contribution is 2.18. The van der Waals surface area contributed by atoms with E-state index in [1.807, 2.05) is 23.9 Å². The van der Waals surface area contributed by atoms with Gasteiger partial charge in [0.1, 0.15) is 13.6 Å². The van der Waals surface area contributed by atoms with Crippen molar-refractivity contribution in [2.45, 2.75) is 12.8 Å². The van der Waals surface area contributed by atoms with Crippen molar-refractivity contribution in [3.8, 4) is 0 Å². The Labute approximate surface area is 152 Å². The van der Waals surface area contributed by atoms with Gasteiger partial charge >= 0.3 is 11.0 Å². The van der Waals surface area contributed by atoms with Crippen LogP contribution in [0.25, 0.3) is 10.9 Å². The molecule has 1 aromatic carbocycles. The van der Waals surface area contributed by atoms with E-state index in [2.05, 4.69) is 29.4 Å². The average Bonchev–Trinajstić information content (AvgIpc) is 2.91. The summed E-state index contributed by atoms with van der Waals surface area (Å²) >= 11 is 1.42. The molecule has 0 fully saturated rings. The second kappa shape index (κ2) is 9.19. The second-order valence-corrected chi connectivity index (χ2v) is 5.68. The van der Waals surface area contributed by atoms with Crippen LogP contribution < -0.4 is 24.0 Å². The van der Waals surface area contributed by atoms with Crippen molar-refractivity contribution < 1.29 is 38.1 Å². The van der Waals surface area contributed by atoms with Crippen LogP contribution in [0.4, 0.5) is 0 Å². The highest BCUT2D eigenvalue weighted by molar-refractivity contribution is 8.14. The molecule has 0 aliphatic carbocycles. The number of fused-ring (bicyclic) bond motifs is 1. The molecule has 0 saturated carbocycles. The molecule has 120 valence electrons. The van der Waals surface area contributed by atoms with Crippen LogP contribution in [0.1, 0.15) is 12.0 Å². The molecule has 0 spiro atoms. The Morgan fingerprint density at radius 2 is 2.09 bits per heavy atom. The van der Waals surface area contributed by atoms with E-state index < -0.39 is 0 Å². The lowest BCUT2D eigenvalue weighted by molar-refractivity contribution is -0.494. The number of hydrogen-bond acceptors (Lipinski definition) is 3. The lowest BCUT2D eigenvalue weighted by Gasteiger charge is -2.03. The minimum absolute atomic E-state index is 0. The molecule has 2 rings (SSSR count). The van der Waals surface area contributed by atoms with Crippen LogP contribution in [0, 0.1) is 0 Å². The van der Waals surface area contributed by atoms with Crippen molar-refractivity contribution in [1.82, 2.24) is 4.98 Å². The van der Waals surface area contributed by atoms with Gasteiger partial charge in [-0.3, -0.25) is 0 Å². The summed E-state index contributed by atoms with van der Waals surface area (Å²) < 4.78 is 6.75. The van der Waals surface area contributed by atoms with E-state index in [0.29, 0.717) is 5.04 Å². The molecule has 22 heavy (non-hydrogen) atoms. The Hall–Kier alpha value is -1.02. The van der Waals surface area contributed by atoms with Crippen molar-refractivity contribution in [2.75, 3.05) is 27.0 Å². The quantitative estimate of drug-likeness (QED) is 0.237. The number of nitrogens with one attached hydrogen (secondary N) is 1. The smallest absolute Gasteiger partial charge is 0.410 e. The summed E-state index contributed by atoms with van der Waals surface area (Å²) in [6.45, 7) is 0.824. The fourth-order valence-electron chi connectivity index (χ4n) is 2.43. The molecule has 0 atom stereocenters. The van der Waals surface area contributed by atoms with Gasteiger partial charge in [-0.1, -0.05) is 30.0 Å². The van der Waals surface area contributed by atoms with Crippen LogP contribution in [-0.2, 0) is 16.0 Å². The third kappa shape index (κ3) is 4.49. The Bertz CT molecular complexity index is 667. The van der Waals surface area contributed by atoms with Crippen LogP contribution >= 0.6 is 11.8 Å². The maximum Gasteiger partial charge on any atom is 0.410 e. The fourth-order valence-corrected chi connectivity index (χ4v) is 3.08. The van der Waals surface area contributed by atoms with Gasteiger partial charge in [-0.15, -0.1) is 0 Å². The number of para-hydroxylation sites is 1. The zero-order valence-electron chi connectivity index (χ0n) is 13.1. The van der Waals surface area contributed by atoms with Crippen molar-refractivity contribution >= 4 is 33.7 Å². The number of rotatable bonds is 4. The Kier molecular flexibility index (Phi) is 7.95. The minimum Gasteiger partial charge on any atom is -1.00 e. The van der Waals surface area contributed by atoms with Gasteiger partial charge < -0.3 is 33.7 Å². The minimum atomic E-state index is -0.267.